The molecule has 3 rings (SSSR count). The van der Waals surface area contributed by atoms with E-state index >= 15 is 0 Å². The molecule has 0 atom stereocenters. The summed E-state index contributed by atoms with van der Waals surface area (Å²) < 4.78 is 0. The Kier molecular flexibility index (Phi) is 4.74. The third-order valence-electron chi connectivity index (χ3n) is 4.16. The molecule has 124 valence electrons. The zero-order valence-corrected chi connectivity index (χ0v) is 13.6. The minimum atomic E-state index is -0.390. The Morgan fingerprint density at radius 1 is 1.00 bits per heavy atom. The number of nitro groups is 1. The average Bonchev–Trinajstić information content (AvgIpc) is 2.63. The zero-order chi connectivity index (χ0) is 16.9. The molecule has 0 unspecified atom stereocenters. The van der Waals surface area contributed by atoms with Crippen LogP contribution in [0.3, 0.4) is 0 Å². The SMILES string of the molecule is CC(=NN1CCN(c2ccccc2)CC1)c1ccc([N+](=O)[O-])cc1. The number of hydrogen-bond acceptors (Lipinski definition) is 5. The van der Waals surface area contributed by atoms with Gasteiger partial charge in [-0.25, -0.2) is 0 Å². The Bertz CT molecular complexity index is 720. The number of piperazine rings is 1. The number of hydrogen-bond donors (Lipinski definition) is 0. The van der Waals surface area contributed by atoms with E-state index in [0.717, 1.165) is 37.5 Å². The Hall–Kier alpha value is -2.89. The van der Waals surface area contributed by atoms with E-state index in [1.54, 1.807) is 12.1 Å². The molecular formula is C18H20N4O2. The Balaban J connectivity index is 1.62. The molecule has 0 bridgehead atoms. The van der Waals surface area contributed by atoms with Gasteiger partial charge in [0.2, 0.25) is 0 Å². The van der Waals surface area contributed by atoms with Gasteiger partial charge in [-0.3, -0.25) is 15.1 Å². The van der Waals surface area contributed by atoms with Gasteiger partial charge in [0.15, 0.2) is 0 Å². The van der Waals surface area contributed by atoms with Crippen LogP contribution in [-0.4, -0.2) is 41.8 Å². The Labute approximate surface area is 141 Å². The molecule has 2 aromatic carbocycles. The van der Waals surface area contributed by atoms with Crippen LogP contribution in [0, 0.1) is 10.1 Å². The van der Waals surface area contributed by atoms with Gasteiger partial charge in [-0.1, -0.05) is 18.2 Å². The van der Waals surface area contributed by atoms with Crippen molar-refractivity contribution in [2.75, 3.05) is 31.1 Å². The van der Waals surface area contributed by atoms with Crippen LogP contribution in [0.15, 0.2) is 59.7 Å². The third kappa shape index (κ3) is 3.71. The van der Waals surface area contributed by atoms with Gasteiger partial charge < -0.3 is 4.90 Å². The highest BCUT2D eigenvalue weighted by Gasteiger charge is 2.16. The predicted octanol–water partition coefficient (Wildman–Crippen LogP) is 3.14. The van der Waals surface area contributed by atoms with Gasteiger partial charge in [0.25, 0.3) is 5.69 Å². The number of nitro benzene ring substituents is 1. The molecule has 0 aliphatic carbocycles. The molecule has 24 heavy (non-hydrogen) atoms. The van der Waals surface area contributed by atoms with Crippen LogP contribution >= 0.6 is 0 Å². The Morgan fingerprint density at radius 2 is 1.62 bits per heavy atom. The molecule has 1 fully saturated rings. The standard InChI is InChI=1S/C18H20N4O2/c1-15(16-7-9-18(10-8-16)22(23)24)19-21-13-11-20(12-14-21)17-5-3-2-4-6-17/h2-10H,11-14H2,1H3. The maximum absolute atomic E-state index is 10.7. The minimum absolute atomic E-state index is 0.100. The second kappa shape index (κ2) is 7.12. The summed E-state index contributed by atoms with van der Waals surface area (Å²) >= 11 is 0. The van der Waals surface area contributed by atoms with E-state index in [4.69, 9.17) is 0 Å². The lowest BCUT2D eigenvalue weighted by Crippen LogP contribution is -2.44. The van der Waals surface area contributed by atoms with Crippen LogP contribution < -0.4 is 4.90 Å². The summed E-state index contributed by atoms with van der Waals surface area (Å²) in [6.45, 7) is 5.52. The molecule has 6 heteroatoms. The highest BCUT2D eigenvalue weighted by atomic mass is 16.6. The number of anilines is 1. The van der Waals surface area contributed by atoms with Crippen molar-refractivity contribution >= 4 is 17.1 Å². The first-order valence-electron chi connectivity index (χ1n) is 7.98. The van der Waals surface area contributed by atoms with Crippen molar-refractivity contribution in [3.8, 4) is 0 Å². The van der Waals surface area contributed by atoms with E-state index < -0.39 is 0 Å². The van der Waals surface area contributed by atoms with Crippen LogP contribution in [0.2, 0.25) is 0 Å². The van der Waals surface area contributed by atoms with Crippen molar-refractivity contribution in [1.29, 1.82) is 0 Å². The number of non-ortho nitro benzene ring substituents is 1. The summed E-state index contributed by atoms with van der Waals surface area (Å²) in [5, 5.41) is 17.4. The quantitative estimate of drug-likeness (QED) is 0.492. The molecule has 1 saturated heterocycles. The molecule has 1 heterocycles. The summed E-state index contributed by atoms with van der Waals surface area (Å²) in [5.41, 5.74) is 3.13. The molecule has 0 N–H and O–H groups in total. The van der Waals surface area contributed by atoms with Gasteiger partial charge in [0, 0.05) is 30.9 Å². The first kappa shape index (κ1) is 16.0. The fraction of sp³-hybridized carbons (Fsp3) is 0.278. The van der Waals surface area contributed by atoms with Crippen LogP contribution in [0.4, 0.5) is 11.4 Å². The van der Waals surface area contributed by atoms with E-state index in [2.05, 4.69) is 39.3 Å². The topological polar surface area (TPSA) is 62.0 Å². The van der Waals surface area contributed by atoms with Gasteiger partial charge in [-0.2, -0.15) is 5.10 Å². The molecule has 0 aromatic heterocycles. The number of para-hydroxylation sites is 1. The highest BCUT2D eigenvalue weighted by molar-refractivity contribution is 5.98. The molecule has 2 aromatic rings. The average molecular weight is 324 g/mol. The second-order valence-corrected chi connectivity index (χ2v) is 5.77. The molecule has 6 nitrogen and oxygen atoms in total. The fourth-order valence-corrected chi connectivity index (χ4v) is 2.79. The van der Waals surface area contributed by atoms with E-state index in [-0.39, 0.29) is 10.6 Å². The van der Waals surface area contributed by atoms with Crippen LogP contribution in [0.1, 0.15) is 12.5 Å². The number of rotatable bonds is 4. The molecule has 0 spiro atoms. The van der Waals surface area contributed by atoms with Gasteiger partial charge in [-0.05, 0) is 36.8 Å². The van der Waals surface area contributed by atoms with E-state index in [9.17, 15) is 10.1 Å². The summed E-state index contributed by atoms with van der Waals surface area (Å²) in [6.07, 6.45) is 0. The van der Waals surface area contributed by atoms with Gasteiger partial charge >= 0.3 is 0 Å². The van der Waals surface area contributed by atoms with Crippen molar-refractivity contribution in [3.05, 3.63) is 70.3 Å². The summed E-state index contributed by atoms with van der Waals surface area (Å²) in [4.78, 5) is 12.7. The maximum Gasteiger partial charge on any atom is 0.269 e. The molecule has 0 saturated carbocycles. The molecule has 1 aliphatic rings. The maximum atomic E-state index is 10.7. The van der Waals surface area contributed by atoms with Crippen molar-refractivity contribution in [2.24, 2.45) is 5.10 Å². The van der Waals surface area contributed by atoms with E-state index in [1.165, 1.54) is 17.8 Å². The van der Waals surface area contributed by atoms with Crippen LogP contribution in [0.5, 0.6) is 0 Å². The number of benzene rings is 2. The third-order valence-corrected chi connectivity index (χ3v) is 4.16. The minimum Gasteiger partial charge on any atom is -0.368 e. The largest absolute Gasteiger partial charge is 0.368 e. The first-order valence-corrected chi connectivity index (χ1v) is 7.98. The molecule has 1 aliphatic heterocycles. The van der Waals surface area contributed by atoms with Crippen molar-refractivity contribution in [1.82, 2.24) is 5.01 Å². The van der Waals surface area contributed by atoms with Crippen molar-refractivity contribution in [2.45, 2.75) is 6.92 Å². The molecule has 0 radical (unpaired) electrons. The number of nitrogens with zero attached hydrogens (tertiary/aromatic N) is 4. The molecular weight excluding hydrogens is 304 g/mol. The monoisotopic (exact) mass is 324 g/mol. The van der Waals surface area contributed by atoms with E-state index in [1.807, 2.05) is 13.0 Å². The Morgan fingerprint density at radius 3 is 2.21 bits per heavy atom. The summed E-state index contributed by atoms with van der Waals surface area (Å²) in [6, 6.07) is 16.9. The van der Waals surface area contributed by atoms with Gasteiger partial charge in [0.05, 0.1) is 23.7 Å². The normalized spacial score (nSPS) is 15.5. The highest BCUT2D eigenvalue weighted by Crippen LogP contribution is 2.17. The van der Waals surface area contributed by atoms with Gasteiger partial charge in [0.1, 0.15) is 0 Å². The van der Waals surface area contributed by atoms with Gasteiger partial charge in [-0.15, -0.1) is 0 Å². The van der Waals surface area contributed by atoms with Crippen LogP contribution in [0.25, 0.3) is 0 Å². The lowest BCUT2D eigenvalue weighted by Gasteiger charge is -2.34. The lowest BCUT2D eigenvalue weighted by atomic mass is 10.1. The smallest absolute Gasteiger partial charge is 0.269 e. The predicted molar refractivity (Wildman–Crippen MR) is 95.5 cm³/mol. The van der Waals surface area contributed by atoms with Crippen molar-refractivity contribution in [3.63, 3.8) is 0 Å². The lowest BCUT2D eigenvalue weighted by molar-refractivity contribution is -0.384. The van der Waals surface area contributed by atoms with Crippen LogP contribution in [-0.2, 0) is 0 Å². The summed E-state index contributed by atoms with van der Waals surface area (Å²) in [7, 11) is 0. The zero-order valence-electron chi connectivity index (χ0n) is 13.6. The fourth-order valence-electron chi connectivity index (χ4n) is 2.79. The molecule has 0 amide bonds. The first-order chi connectivity index (χ1) is 11.6. The van der Waals surface area contributed by atoms with E-state index in [0.29, 0.717) is 0 Å². The number of hydrazone groups is 1. The summed E-state index contributed by atoms with van der Waals surface area (Å²) in [5.74, 6) is 0. The van der Waals surface area contributed by atoms with Crippen molar-refractivity contribution < 1.29 is 4.92 Å². The second-order valence-electron chi connectivity index (χ2n) is 5.77.